The van der Waals surface area contributed by atoms with E-state index >= 15 is 0 Å². The standard InChI is InChI=1S/C15H23N5.C14H19N5.C13H15N5.C12H15FN4.C12H18N6.C12H17N5/c1-15(2,3)10-8-11-13(17-5-4-16-11)12(9-10)20-14-18-6-7-19-14;1-2-10-13(18-12(8-17-10)9-4-5-9)11(3-1)19-14-15-6-7-16-14;14-8-9-4-5-15-12-10(9)2-1-3-11(12)18-13-16-6-7-17-13;13-9-6-8-2-1-3-10(11(8)16-7-9)17-12-14-4-5-15-12;13-6-8-7-16-11-9(17-8)2-1-3-10(11)18-12-14-4-5-15-12;1-2-9(17-12-15-6-7-16-12)8-11-10(3-1)13-4-5-14-11/h4-5,10,12H,6-9H2,1-3H3,(H2,18,19,20);8-9,11H,1-7H2,(H2,15,16,19);4-5,11H,1-3,6-7H2,(H2,16,17,18);6-7,10H,1-5H2,(H2,14,15,17);7,10H,1-6,13H2,(H2,14,15,18);4-5,9H,1-3,6-8H2,(H2,15,16,17). The minimum absolute atomic E-state index is 0.156. The molecule has 12 heterocycles. The van der Waals surface area contributed by atoms with Crippen molar-refractivity contribution in [1.82, 2.24) is 114 Å². The molecule has 0 aromatic carbocycles. The second-order valence-corrected chi connectivity index (χ2v) is 30.6. The van der Waals surface area contributed by atoms with Gasteiger partial charge in [-0.25, -0.2) is 4.39 Å². The van der Waals surface area contributed by atoms with Gasteiger partial charge in [0.1, 0.15) is 5.82 Å². The zero-order valence-corrected chi connectivity index (χ0v) is 63.3. The monoisotopic (exact) mass is 1480 g/mol. The number of hydrogen-bond donors (Lipinski definition) is 13. The molecule has 13 aliphatic rings. The summed E-state index contributed by atoms with van der Waals surface area (Å²) in [6.45, 7) is 18.0. The Bertz CT molecular complexity index is 4330. The topological polar surface area (TPSA) is 397 Å². The van der Waals surface area contributed by atoms with Gasteiger partial charge in [0.15, 0.2) is 35.8 Å². The zero-order valence-electron chi connectivity index (χ0n) is 63.3. The van der Waals surface area contributed by atoms with Crippen LogP contribution in [-0.2, 0) is 51.5 Å². The molecule has 30 nitrogen and oxygen atoms in total. The molecule has 7 unspecified atom stereocenters. The largest absolute Gasteiger partial charge is 0.355 e. The van der Waals surface area contributed by atoms with E-state index in [1.54, 1.807) is 49.3 Å². The van der Waals surface area contributed by atoms with Gasteiger partial charge in [-0.1, -0.05) is 20.8 Å². The molecule has 0 radical (unpaired) electrons. The summed E-state index contributed by atoms with van der Waals surface area (Å²) < 4.78 is 13.1. The first-order valence-corrected chi connectivity index (χ1v) is 39.7. The quantitative estimate of drug-likeness (QED) is 0.0880. The fourth-order valence-corrected chi connectivity index (χ4v) is 15.8. The van der Waals surface area contributed by atoms with Gasteiger partial charge in [-0.15, -0.1) is 0 Å². The van der Waals surface area contributed by atoms with Crippen molar-refractivity contribution >= 4 is 35.8 Å². The lowest BCUT2D eigenvalue weighted by molar-refractivity contribution is 0.192. The lowest BCUT2D eigenvalue weighted by Crippen LogP contribution is -2.42. The Morgan fingerprint density at radius 1 is 0.459 bits per heavy atom. The molecule has 14 N–H and O–H groups in total. The number of nitriles is 1. The molecular formula is C78H107FN30. The minimum atomic E-state index is -0.249. The fourth-order valence-electron chi connectivity index (χ4n) is 15.8. The maximum atomic E-state index is 13.1. The van der Waals surface area contributed by atoms with Gasteiger partial charge in [-0.2, -0.15) is 5.26 Å². The molecule has 6 aliphatic heterocycles. The first-order chi connectivity index (χ1) is 53.4. The zero-order chi connectivity index (χ0) is 74.7. The highest BCUT2D eigenvalue weighted by Crippen LogP contribution is 2.42. The average Bonchev–Trinajstić information content (AvgIpc) is 1.76. The number of aliphatic imine (C=N–C) groups is 6. The SMILES string of the molecule is CC(C)(C)C1Cc2nccnc2C(NC2=NCCN2)C1.Fc1cnc2c(c1)CCCC2NC1=NCCN1.N#Cc1ccnc2c1CCCC2NC1=NCCN1.NCc1cnc2c(n1)CCCC2NC1=NCCN1.c1cnc2c(n1)CCCC(NC1=NCCN1)C2.c1nc2c(nc1C1CC1)C(NC1=NCCN1)CCC2. The van der Waals surface area contributed by atoms with Crippen LogP contribution in [0.4, 0.5) is 4.39 Å². The first kappa shape index (κ1) is 75.4. The fraction of sp³-hybridized carbons (Fsp3) is 0.577. The number of nitrogens with two attached hydrogens (primary N) is 1. The summed E-state index contributed by atoms with van der Waals surface area (Å²) in [6, 6.07) is 7.11. The Kier molecular flexibility index (Phi) is 25.4. The number of guanidine groups is 6. The van der Waals surface area contributed by atoms with Gasteiger partial charge in [0.25, 0.3) is 0 Å². The highest BCUT2D eigenvalue weighted by molar-refractivity contribution is 5.84. The predicted molar refractivity (Wildman–Crippen MR) is 419 cm³/mol. The molecule has 6 aromatic heterocycles. The van der Waals surface area contributed by atoms with Crippen LogP contribution >= 0.6 is 0 Å². The maximum Gasteiger partial charge on any atom is 0.191 e. The van der Waals surface area contributed by atoms with E-state index in [2.05, 4.69) is 165 Å². The lowest BCUT2D eigenvalue weighted by Gasteiger charge is -2.38. The molecule has 576 valence electrons. The number of aromatic nitrogens is 10. The molecule has 0 saturated heterocycles. The van der Waals surface area contributed by atoms with Crippen molar-refractivity contribution in [3.8, 4) is 6.07 Å². The van der Waals surface area contributed by atoms with Crippen LogP contribution in [0.1, 0.15) is 225 Å². The van der Waals surface area contributed by atoms with Crippen LogP contribution in [0.3, 0.4) is 0 Å². The number of halogens is 1. The second-order valence-electron chi connectivity index (χ2n) is 30.6. The number of nitrogens with zero attached hydrogens (tertiary/aromatic N) is 17. The van der Waals surface area contributed by atoms with E-state index in [0.29, 0.717) is 24.4 Å². The van der Waals surface area contributed by atoms with Crippen molar-refractivity contribution in [3.63, 3.8) is 0 Å². The van der Waals surface area contributed by atoms with Crippen LogP contribution in [0.5, 0.6) is 0 Å². The molecule has 7 atom stereocenters. The molecule has 1 saturated carbocycles. The number of rotatable bonds is 8. The van der Waals surface area contributed by atoms with Crippen molar-refractivity contribution in [2.24, 2.45) is 47.0 Å². The van der Waals surface area contributed by atoms with Crippen LogP contribution in [0.2, 0.25) is 0 Å². The molecule has 6 aromatic rings. The number of fused-ring (bicyclic) bond motifs is 6. The van der Waals surface area contributed by atoms with Gasteiger partial charge in [0.05, 0.1) is 162 Å². The third-order valence-corrected chi connectivity index (χ3v) is 21.7. The number of aryl methyl sites for hydroxylation is 4. The summed E-state index contributed by atoms with van der Waals surface area (Å²) >= 11 is 0. The van der Waals surface area contributed by atoms with Gasteiger partial charge < -0.3 is 69.5 Å². The summed E-state index contributed by atoms with van der Waals surface area (Å²) in [6.07, 6.45) is 35.5. The Morgan fingerprint density at radius 3 is 1.52 bits per heavy atom. The third kappa shape index (κ3) is 20.3. The Balaban J connectivity index is 0.000000109. The van der Waals surface area contributed by atoms with Gasteiger partial charge in [-0.05, 0) is 157 Å². The molecular weight excluding hydrogens is 1380 g/mol. The number of pyridine rings is 2. The summed E-state index contributed by atoms with van der Waals surface area (Å²) in [5, 5.41) is 49.2. The van der Waals surface area contributed by atoms with Crippen molar-refractivity contribution < 1.29 is 4.39 Å². The third-order valence-electron chi connectivity index (χ3n) is 21.7. The predicted octanol–water partition coefficient (Wildman–Crippen LogP) is 5.12. The van der Waals surface area contributed by atoms with E-state index in [4.69, 9.17) is 16.0 Å². The van der Waals surface area contributed by atoms with Crippen molar-refractivity contribution in [1.29, 1.82) is 5.26 Å². The second kappa shape index (κ2) is 36.7. The summed E-state index contributed by atoms with van der Waals surface area (Å²) in [5.41, 5.74) is 21.8. The van der Waals surface area contributed by atoms with Crippen molar-refractivity contribution in [3.05, 3.63) is 153 Å². The average molecular weight is 1480 g/mol. The van der Waals surface area contributed by atoms with Crippen LogP contribution in [0.15, 0.2) is 91.7 Å². The van der Waals surface area contributed by atoms with Gasteiger partial charge >= 0.3 is 0 Å². The highest BCUT2D eigenvalue weighted by atomic mass is 19.1. The van der Waals surface area contributed by atoms with E-state index in [1.165, 1.54) is 36.8 Å². The van der Waals surface area contributed by atoms with E-state index in [0.717, 1.165) is 297 Å². The lowest BCUT2D eigenvalue weighted by atomic mass is 9.71. The number of hydrogen-bond acceptors (Lipinski definition) is 30. The molecule has 109 heavy (non-hydrogen) atoms. The molecule has 0 bridgehead atoms. The smallest absolute Gasteiger partial charge is 0.191 e. The van der Waals surface area contributed by atoms with E-state index in [-0.39, 0.29) is 41.4 Å². The minimum Gasteiger partial charge on any atom is -0.355 e. The van der Waals surface area contributed by atoms with Crippen molar-refractivity contribution in [2.45, 2.75) is 198 Å². The van der Waals surface area contributed by atoms with Gasteiger partial charge in [-0.3, -0.25) is 79.8 Å². The normalized spacial score (nSPS) is 23.5. The maximum absolute atomic E-state index is 13.1. The Morgan fingerprint density at radius 2 is 0.945 bits per heavy atom. The Hall–Kier alpha value is -10.4. The van der Waals surface area contributed by atoms with Crippen LogP contribution in [0, 0.1) is 28.5 Å². The molecule has 0 amide bonds. The molecule has 7 aliphatic carbocycles. The summed E-state index contributed by atoms with van der Waals surface area (Å²) in [5.74, 6) is 6.39. The molecule has 31 heteroatoms. The summed E-state index contributed by atoms with van der Waals surface area (Å²) in [4.78, 5) is 71.5. The van der Waals surface area contributed by atoms with E-state index < -0.39 is 0 Å². The molecule has 19 rings (SSSR count). The van der Waals surface area contributed by atoms with Crippen molar-refractivity contribution in [2.75, 3.05) is 78.5 Å². The first-order valence-electron chi connectivity index (χ1n) is 39.7. The van der Waals surface area contributed by atoms with Crippen LogP contribution in [-0.4, -0.2) is 170 Å². The Labute approximate surface area is 638 Å². The van der Waals surface area contributed by atoms with E-state index in [1.807, 2.05) is 6.20 Å². The highest BCUT2D eigenvalue weighted by Gasteiger charge is 2.37. The van der Waals surface area contributed by atoms with E-state index in [9.17, 15) is 4.39 Å². The number of nitrogens with one attached hydrogen (secondary N) is 12. The summed E-state index contributed by atoms with van der Waals surface area (Å²) in [7, 11) is 0. The van der Waals surface area contributed by atoms with Gasteiger partial charge in [0, 0.05) is 101 Å². The van der Waals surface area contributed by atoms with Crippen LogP contribution in [0.25, 0.3) is 0 Å². The van der Waals surface area contributed by atoms with Crippen LogP contribution < -0.4 is 69.5 Å². The van der Waals surface area contributed by atoms with Gasteiger partial charge in [0.2, 0.25) is 0 Å². The molecule has 1 fully saturated rings. The molecule has 0 spiro atoms.